The van der Waals surface area contributed by atoms with Crippen LogP contribution < -0.4 is 5.32 Å². The molecule has 106 valence electrons. The number of benzene rings is 1. The van der Waals surface area contributed by atoms with Crippen molar-refractivity contribution in [2.75, 3.05) is 19.6 Å². The van der Waals surface area contributed by atoms with Crippen LogP contribution in [0.15, 0.2) is 24.3 Å². The van der Waals surface area contributed by atoms with Crippen molar-refractivity contribution in [1.82, 2.24) is 10.2 Å². The van der Waals surface area contributed by atoms with E-state index in [2.05, 4.69) is 36.2 Å². The molecule has 19 heavy (non-hydrogen) atoms. The van der Waals surface area contributed by atoms with E-state index >= 15 is 0 Å². The molecule has 1 aromatic rings. The molecule has 3 heteroatoms. The molecule has 0 unspecified atom stereocenters. The van der Waals surface area contributed by atoms with E-state index in [0.717, 1.165) is 17.5 Å². The zero-order chi connectivity index (χ0) is 13.7. The normalized spacial score (nSPS) is 18.1. The Morgan fingerprint density at radius 1 is 1.32 bits per heavy atom. The lowest BCUT2D eigenvalue weighted by atomic mass is 9.96. The van der Waals surface area contributed by atoms with Crippen molar-refractivity contribution in [1.29, 1.82) is 0 Å². The molecule has 1 N–H and O–H groups in total. The molecule has 1 fully saturated rings. The minimum atomic E-state index is 0.601. The van der Waals surface area contributed by atoms with E-state index in [9.17, 15) is 0 Å². The number of rotatable bonds is 5. The van der Waals surface area contributed by atoms with Crippen molar-refractivity contribution >= 4 is 11.6 Å². The predicted octanol–water partition coefficient (Wildman–Crippen LogP) is 3.55. The van der Waals surface area contributed by atoms with Gasteiger partial charge in [-0.2, -0.15) is 0 Å². The zero-order valence-electron chi connectivity index (χ0n) is 12.0. The van der Waals surface area contributed by atoms with Crippen LogP contribution in [0.1, 0.15) is 32.3 Å². The average molecular weight is 281 g/mol. The molecule has 0 saturated carbocycles. The van der Waals surface area contributed by atoms with Gasteiger partial charge < -0.3 is 5.32 Å². The van der Waals surface area contributed by atoms with Gasteiger partial charge in [0.15, 0.2) is 0 Å². The SMILES string of the molecule is CC(C)NCC1CCN(Cc2cccc(Cl)c2)CC1. The van der Waals surface area contributed by atoms with Crippen molar-refractivity contribution in [2.24, 2.45) is 5.92 Å². The number of likely N-dealkylation sites (tertiary alicyclic amines) is 1. The van der Waals surface area contributed by atoms with Gasteiger partial charge in [0.1, 0.15) is 0 Å². The number of nitrogens with one attached hydrogen (secondary N) is 1. The second-order valence-electron chi connectivity index (χ2n) is 5.91. The topological polar surface area (TPSA) is 15.3 Å². The van der Waals surface area contributed by atoms with Gasteiger partial charge >= 0.3 is 0 Å². The summed E-state index contributed by atoms with van der Waals surface area (Å²) >= 11 is 6.03. The Labute approximate surface area is 122 Å². The van der Waals surface area contributed by atoms with Gasteiger partial charge in [-0.1, -0.05) is 37.6 Å². The Morgan fingerprint density at radius 2 is 2.05 bits per heavy atom. The van der Waals surface area contributed by atoms with Crippen molar-refractivity contribution in [3.63, 3.8) is 0 Å². The van der Waals surface area contributed by atoms with Crippen LogP contribution in [0.2, 0.25) is 5.02 Å². The molecular weight excluding hydrogens is 256 g/mol. The average Bonchev–Trinajstić information content (AvgIpc) is 2.38. The van der Waals surface area contributed by atoms with Crippen LogP contribution in [0.5, 0.6) is 0 Å². The zero-order valence-corrected chi connectivity index (χ0v) is 12.8. The Bertz CT molecular complexity index is 384. The van der Waals surface area contributed by atoms with E-state index in [4.69, 9.17) is 11.6 Å². The lowest BCUT2D eigenvalue weighted by molar-refractivity contribution is 0.174. The lowest BCUT2D eigenvalue weighted by Crippen LogP contribution is -2.38. The van der Waals surface area contributed by atoms with E-state index < -0.39 is 0 Å². The van der Waals surface area contributed by atoms with Crippen molar-refractivity contribution in [2.45, 2.75) is 39.3 Å². The van der Waals surface area contributed by atoms with E-state index in [1.165, 1.54) is 38.0 Å². The van der Waals surface area contributed by atoms with Crippen LogP contribution in [-0.4, -0.2) is 30.6 Å². The highest BCUT2D eigenvalue weighted by atomic mass is 35.5. The Hall–Kier alpha value is -0.570. The summed E-state index contributed by atoms with van der Waals surface area (Å²) in [6.07, 6.45) is 2.61. The summed E-state index contributed by atoms with van der Waals surface area (Å²) in [7, 11) is 0. The van der Waals surface area contributed by atoms with Gasteiger partial charge in [-0.25, -0.2) is 0 Å². The summed E-state index contributed by atoms with van der Waals surface area (Å²) in [5.74, 6) is 0.845. The molecule has 0 atom stereocenters. The van der Waals surface area contributed by atoms with E-state index in [1.807, 2.05) is 12.1 Å². The fourth-order valence-corrected chi connectivity index (χ4v) is 2.86. The van der Waals surface area contributed by atoms with E-state index in [1.54, 1.807) is 0 Å². The van der Waals surface area contributed by atoms with Gasteiger partial charge in [0, 0.05) is 17.6 Å². The van der Waals surface area contributed by atoms with Crippen molar-refractivity contribution < 1.29 is 0 Å². The molecule has 1 heterocycles. The molecular formula is C16H25ClN2. The molecule has 1 aromatic carbocycles. The van der Waals surface area contributed by atoms with Crippen LogP contribution in [0.25, 0.3) is 0 Å². The Kier molecular flexibility index (Phi) is 5.68. The highest BCUT2D eigenvalue weighted by molar-refractivity contribution is 6.30. The number of hydrogen-bond donors (Lipinski definition) is 1. The van der Waals surface area contributed by atoms with Gasteiger partial charge in [0.05, 0.1) is 0 Å². The minimum Gasteiger partial charge on any atom is -0.314 e. The molecule has 2 rings (SSSR count). The summed E-state index contributed by atoms with van der Waals surface area (Å²) in [6, 6.07) is 8.82. The number of nitrogens with zero attached hydrogens (tertiary/aromatic N) is 1. The van der Waals surface area contributed by atoms with Crippen molar-refractivity contribution in [3.8, 4) is 0 Å². The number of halogens is 1. The largest absolute Gasteiger partial charge is 0.314 e. The number of piperidine rings is 1. The standard InChI is InChI=1S/C16H25ClN2/c1-13(2)18-11-14-6-8-19(9-7-14)12-15-4-3-5-16(17)10-15/h3-5,10,13-14,18H,6-9,11-12H2,1-2H3. The maximum Gasteiger partial charge on any atom is 0.0409 e. The van der Waals surface area contributed by atoms with E-state index in [-0.39, 0.29) is 0 Å². The molecule has 0 aromatic heterocycles. The molecule has 1 aliphatic rings. The quantitative estimate of drug-likeness (QED) is 0.887. The van der Waals surface area contributed by atoms with Gasteiger partial charge in [0.25, 0.3) is 0 Å². The molecule has 1 aliphatic heterocycles. The van der Waals surface area contributed by atoms with Crippen molar-refractivity contribution in [3.05, 3.63) is 34.9 Å². The Balaban J connectivity index is 1.74. The monoisotopic (exact) mass is 280 g/mol. The first kappa shape index (κ1) is 14.8. The highest BCUT2D eigenvalue weighted by Crippen LogP contribution is 2.19. The first-order valence-electron chi connectivity index (χ1n) is 7.33. The van der Waals surface area contributed by atoms with Crippen LogP contribution in [-0.2, 0) is 6.54 Å². The fourth-order valence-electron chi connectivity index (χ4n) is 2.64. The van der Waals surface area contributed by atoms with Crippen LogP contribution >= 0.6 is 11.6 Å². The third kappa shape index (κ3) is 5.13. The third-order valence-corrected chi connectivity index (χ3v) is 4.05. The molecule has 0 bridgehead atoms. The summed E-state index contributed by atoms with van der Waals surface area (Å²) in [5.41, 5.74) is 1.33. The summed E-state index contributed by atoms with van der Waals surface area (Å²) in [6.45, 7) is 9.05. The number of hydrogen-bond acceptors (Lipinski definition) is 2. The smallest absolute Gasteiger partial charge is 0.0409 e. The lowest BCUT2D eigenvalue weighted by Gasteiger charge is -2.32. The molecule has 0 aliphatic carbocycles. The first-order valence-corrected chi connectivity index (χ1v) is 7.71. The van der Waals surface area contributed by atoms with Crippen LogP contribution in [0.4, 0.5) is 0 Å². The first-order chi connectivity index (χ1) is 9.13. The maximum absolute atomic E-state index is 6.03. The van der Waals surface area contributed by atoms with Crippen LogP contribution in [0, 0.1) is 5.92 Å². The summed E-state index contributed by atoms with van der Waals surface area (Å²) in [5, 5.41) is 4.39. The molecule has 0 spiro atoms. The second kappa shape index (κ2) is 7.28. The van der Waals surface area contributed by atoms with E-state index in [0.29, 0.717) is 6.04 Å². The van der Waals surface area contributed by atoms with Gasteiger partial charge in [-0.05, 0) is 56.1 Å². The summed E-state index contributed by atoms with van der Waals surface area (Å²) in [4.78, 5) is 2.54. The predicted molar refractivity (Wildman–Crippen MR) is 82.6 cm³/mol. The van der Waals surface area contributed by atoms with Crippen LogP contribution in [0.3, 0.4) is 0 Å². The third-order valence-electron chi connectivity index (χ3n) is 3.82. The fraction of sp³-hybridized carbons (Fsp3) is 0.625. The molecule has 0 amide bonds. The van der Waals surface area contributed by atoms with Gasteiger partial charge in [0.2, 0.25) is 0 Å². The minimum absolute atomic E-state index is 0.601. The molecule has 1 saturated heterocycles. The summed E-state index contributed by atoms with van der Waals surface area (Å²) < 4.78 is 0. The highest BCUT2D eigenvalue weighted by Gasteiger charge is 2.19. The van der Waals surface area contributed by atoms with Gasteiger partial charge in [-0.3, -0.25) is 4.90 Å². The maximum atomic E-state index is 6.03. The van der Waals surface area contributed by atoms with Gasteiger partial charge in [-0.15, -0.1) is 0 Å². The molecule has 2 nitrogen and oxygen atoms in total. The Morgan fingerprint density at radius 3 is 2.68 bits per heavy atom. The second-order valence-corrected chi connectivity index (χ2v) is 6.35. The molecule has 0 radical (unpaired) electrons.